The Kier molecular flexibility index (Phi) is 5.59. The molecule has 1 saturated heterocycles. The zero-order chi connectivity index (χ0) is 22.7. The predicted molar refractivity (Wildman–Crippen MR) is 117 cm³/mol. The second kappa shape index (κ2) is 8.65. The van der Waals surface area contributed by atoms with E-state index in [9.17, 15) is 14.4 Å². The first kappa shape index (κ1) is 20.7. The number of anilines is 1. The molecule has 9 heteroatoms. The number of carbonyl (C=O) groups excluding carboxylic acids is 3. The molecule has 1 aliphatic heterocycles. The summed E-state index contributed by atoms with van der Waals surface area (Å²) < 4.78 is 6.96. The summed E-state index contributed by atoms with van der Waals surface area (Å²) in [5, 5.41) is 15.1. The average molecular weight is 429 g/mol. The molecule has 1 aromatic heterocycles. The number of nitriles is 1. The first-order valence-corrected chi connectivity index (χ1v) is 9.74. The minimum atomic E-state index is -0.683. The van der Waals surface area contributed by atoms with Gasteiger partial charge in [-0.05, 0) is 24.3 Å². The van der Waals surface area contributed by atoms with Crippen LogP contribution in [0.5, 0.6) is 5.75 Å². The van der Waals surface area contributed by atoms with Crippen LogP contribution in [0.25, 0.3) is 17.0 Å². The van der Waals surface area contributed by atoms with Gasteiger partial charge in [0.1, 0.15) is 24.5 Å². The molecule has 1 aliphatic rings. The van der Waals surface area contributed by atoms with E-state index in [2.05, 4.69) is 16.7 Å². The van der Waals surface area contributed by atoms with Crippen LogP contribution in [0.4, 0.5) is 10.5 Å². The molecule has 3 aromatic rings. The van der Waals surface area contributed by atoms with Crippen LogP contribution in [0.1, 0.15) is 5.56 Å². The zero-order valence-corrected chi connectivity index (χ0v) is 17.2. The van der Waals surface area contributed by atoms with E-state index >= 15 is 0 Å². The molecule has 0 bridgehead atoms. The zero-order valence-electron chi connectivity index (χ0n) is 17.2. The SMILES string of the molecule is COc1ccccc1NC(=O)CN1C(=O)N/C(=C/c2cn(CC#N)c3ccccc23)C1=O. The number of nitrogens with zero attached hydrogens (tertiary/aromatic N) is 3. The van der Waals surface area contributed by atoms with E-state index in [0.29, 0.717) is 17.0 Å². The summed E-state index contributed by atoms with van der Waals surface area (Å²) in [5.41, 5.74) is 2.01. The number of rotatable bonds is 6. The van der Waals surface area contributed by atoms with E-state index < -0.39 is 24.4 Å². The normalized spacial score (nSPS) is 14.5. The van der Waals surface area contributed by atoms with E-state index in [0.717, 1.165) is 15.8 Å². The summed E-state index contributed by atoms with van der Waals surface area (Å²) in [5.74, 6) is -0.681. The summed E-state index contributed by atoms with van der Waals surface area (Å²) in [4.78, 5) is 38.5. The Hall–Kier alpha value is -4.58. The maximum Gasteiger partial charge on any atom is 0.329 e. The number of carbonyl (C=O) groups is 3. The molecule has 1 fully saturated rings. The lowest BCUT2D eigenvalue weighted by atomic mass is 10.1. The number of urea groups is 1. The molecule has 4 rings (SSSR count). The van der Waals surface area contributed by atoms with Gasteiger partial charge in [-0.1, -0.05) is 30.3 Å². The van der Waals surface area contributed by atoms with Crippen LogP contribution < -0.4 is 15.4 Å². The molecule has 0 unspecified atom stereocenters. The summed E-state index contributed by atoms with van der Waals surface area (Å²) >= 11 is 0. The molecule has 4 amide bonds. The second-order valence-electron chi connectivity index (χ2n) is 7.02. The molecule has 160 valence electrons. The fourth-order valence-corrected chi connectivity index (χ4v) is 3.55. The Morgan fingerprint density at radius 1 is 1.19 bits per heavy atom. The van der Waals surface area contributed by atoms with Gasteiger partial charge in [0, 0.05) is 22.7 Å². The lowest BCUT2D eigenvalue weighted by Crippen LogP contribution is -2.38. The van der Waals surface area contributed by atoms with Gasteiger partial charge in [-0.25, -0.2) is 9.69 Å². The van der Waals surface area contributed by atoms with Crippen LogP contribution in [0.15, 0.2) is 60.4 Å². The Bertz CT molecular complexity index is 1300. The largest absolute Gasteiger partial charge is 0.495 e. The average Bonchev–Trinajstić information content (AvgIpc) is 3.27. The van der Waals surface area contributed by atoms with Gasteiger partial charge in [0.2, 0.25) is 5.91 Å². The molecular weight excluding hydrogens is 410 g/mol. The molecule has 0 spiro atoms. The van der Waals surface area contributed by atoms with E-state index in [1.165, 1.54) is 7.11 Å². The van der Waals surface area contributed by atoms with Crippen molar-refractivity contribution in [3.05, 3.63) is 66.0 Å². The van der Waals surface area contributed by atoms with E-state index in [1.807, 2.05) is 24.3 Å². The van der Waals surface area contributed by atoms with Crippen molar-refractivity contribution in [2.75, 3.05) is 19.0 Å². The highest BCUT2D eigenvalue weighted by Gasteiger charge is 2.35. The molecule has 0 radical (unpaired) electrons. The highest BCUT2D eigenvalue weighted by atomic mass is 16.5. The predicted octanol–water partition coefficient (Wildman–Crippen LogP) is 2.70. The number of aromatic nitrogens is 1. The van der Waals surface area contributed by atoms with Crippen LogP contribution in [-0.4, -0.2) is 41.0 Å². The number of ether oxygens (including phenoxy) is 1. The number of hydrogen-bond acceptors (Lipinski definition) is 5. The van der Waals surface area contributed by atoms with Crippen molar-refractivity contribution >= 4 is 40.5 Å². The van der Waals surface area contributed by atoms with Gasteiger partial charge in [0.15, 0.2) is 0 Å². The number of fused-ring (bicyclic) bond motifs is 1. The maximum atomic E-state index is 12.8. The van der Waals surface area contributed by atoms with Crippen molar-refractivity contribution in [3.63, 3.8) is 0 Å². The number of amides is 4. The minimum absolute atomic E-state index is 0.0555. The number of methoxy groups -OCH3 is 1. The van der Waals surface area contributed by atoms with Crippen LogP contribution in [0.3, 0.4) is 0 Å². The van der Waals surface area contributed by atoms with Crippen molar-refractivity contribution < 1.29 is 19.1 Å². The number of hydrogen-bond donors (Lipinski definition) is 2. The standard InChI is InChI=1S/C23H19N5O4/c1-32-20-9-5-3-7-17(20)25-21(29)14-28-22(30)18(26-23(28)31)12-15-13-27(11-10-24)19-8-4-2-6-16(15)19/h2-9,12-13H,11,14H2,1H3,(H,25,29)(H,26,31)/b18-12+. The lowest BCUT2D eigenvalue weighted by molar-refractivity contribution is -0.127. The summed E-state index contributed by atoms with van der Waals surface area (Å²) in [7, 11) is 1.48. The molecule has 0 aliphatic carbocycles. The van der Waals surface area contributed by atoms with Gasteiger partial charge in [-0.3, -0.25) is 9.59 Å². The Morgan fingerprint density at radius 3 is 2.72 bits per heavy atom. The smallest absolute Gasteiger partial charge is 0.329 e. The molecule has 0 saturated carbocycles. The van der Waals surface area contributed by atoms with Crippen molar-refractivity contribution in [1.29, 1.82) is 5.26 Å². The molecule has 2 aromatic carbocycles. The monoisotopic (exact) mass is 429 g/mol. The molecule has 32 heavy (non-hydrogen) atoms. The van der Waals surface area contributed by atoms with Gasteiger partial charge in [0.25, 0.3) is 5.91 Å². The first-order valence-electron chi connectivity index (χ1n) is 9.74. The van der Waals surface area contributed by atoms with Crippen molar-refractivity contribution in [2.24, 2.45) is 0 Å². The van der Waals surface area contributed by atoms with Crippen LogP contribution >= 0.6 is 0 Å². The molecule has 2 heterocycles. The van der Waals surface area contributed by atoms with Crippen LogP contribution in [0.2, 0.25) is 0 Å². The third-order valence-electron chi connectivity index (χ3n) is 5.01. The first-order chi connectivity index (χ1) is 15.5. The third-order valence-corrected chi connectivity index (χ3v) is 5.01. The summed E-state index contributed by atoms with van der Waals surface area (Å²) in [6, 6.07) is 15.7. The highest BCUT2D eigenvalue weighted by Crippen LogP contribution is 2.25. The quantitative estimate of drug-likeness (QED) is 0.462. The van der Waals surface area contributed by atoms with Crippen molar-refractivity contribution in [2.45, 2.75) is 6.54 Å². The molecular formula is C23H19N5O4. The van der Waals surface area contributed by atoms with Gasteiger partial charge in [0.05, 0.1) is 18.9 Å². The number of para-hydroxylation sites is 3. The number of imide groups is 1. The lowest BCUT2D eigenvalue weighted by Gasteiger charge is -2.13. The molecule has 2 N–H and O–H groups in total. The fourth-order valence-electron chi connectivity index (χ4n) is 3.55. The van der Waals surface area contributed by atoms with Gasteiger partial charge in [-0.15, -0.1) is 0 Å². The Labute approximate surface area is 183 Å². The third kappa shape index (κ3) is 3.89. The van der Waals surface area contributed by atoms with E-state index in [4.69, 9.17) is 10.00 Å². The maximum absolute atomic E-state index is 12.8. The summed E-state index contributed by atoms with van der Waals surface area (Å²) in [6.07, 6.45) is 3.30. The van der Waals surface area contributed by atoms with E-state index in [1.54, 1.807) is 41.1 Å². The van der Waals surface area contributed by atoms with E-state index in [-0.39, 0.29) is 12.2 Å². The highest BCUT2D eigenvalue weighted by molar-refractivity contribution is 6.16. The van der Waals surface area contributed by atoms with Crippen LogP contribution in [-0.2, 0) is 16.1 Å². The molecule has 9 nitrogen and oxygen atoms in total. The Balaban J connectivity index is 1.54. The minimum Gasteiger partial charge on any atom is -0.495 e. The summed E-state index contributed by atoms with van der Waals surface area (Å²) in [6.45, 7) is -0.296. The fraction of sp³-hybridized carbons (Fsp3) is 0.130. The van der Waals surface area contributed by atoms with Crippen molar-refractivity contribution in [3.8, 4) is 11.8 Å². The molecule has 0 atom stereocenters. The van der Waals surface area contributed by atoms with Gasteiger partial charge >= 0.3 is 6.03 Å². The van der Waals surface area contributed by atoms with Crippen LogP contribution in [0, 0.1) is 11.3 Å². The topological polar surface area (TPSA) is 116 Å². The van der Waals surface area contributed by atoms with Gasteiger partial charge < -0.3 is 19.9 Å². The Morgan fingerprint density at radius 2 is 1.94 bits per heavy atom. The van der Waals surface area contributed by atoms with Crippen molar-refractivity contribution in [1.82, 2.24) is 14.8 Å². The number of nitrogens with one attached hydrogen (secondary N) is 2. The van der Waals surface area contributed by atoms with Gasteiger partial charge in [-0.2, -0.15) is 5.26 Å². The second-order valence-corrected chi connectivity index (χ2v) is 7.02. The number of benzene rings is 2.